The Hall–Kier alpha value is -1.22. The third-order valence-corrected chi connectivity index (χ3v) is 2.11. The van der Waals surface area contributed by atoms with Gasteiger partial charge in [-0.15, -0.1) is 6.58 Å². The second-order valence-electron chi connectivity index (χ2n) is 1.74. The number of rotatable bonds is 5. The van der Waals surface area contributed by atoms with Gasteiger partial charge in [0.25, 0.3) is 0 Å². The Morgan fingerprint density at radius 2 is 2.08 bits per heavy atom. The van der Waals surface area contributed by atoms with E-state index in [9.17, 15) is 9.00 Å². The van der Waals surface area contributed by atoms with E-state index in [1.54, 1.807) is 0 Å². The average molecular weight is 190 g/mol. The molecule has 0 spiro atoms. The van der Waals surface area contributed by atoms with E-state index >= 15 is 0 Å². The van der Waals surface area contributed by atoms with Crippen molar-refractivity contribution in [3.8, 4) is 0 Å². The van der Waals surface area contributed by atoms with Crippen LogP contribution in [-0.2, 0) is 15.6 Å². The molecule has 0 aliphatic heterocycles. The molecule has 0 aliphatic carbocycles. The highest BCUT2D eigenvalue weighted by Crippen LogP contribution is 1.87. The van der Waals surface area contributed by atoms with E-state index in [0.717, 1.165) is 0 Å². The Bertz CT molecular complexity index is 190. The van der Waals surface area contributed by atoms with Crippen molar-refractivity contribution in [1.82, 2.24) is 0 Å². The first kappa shape index (κ1) is 13.4. The van der Waals surface area contributed by atoms with Crippen LogP contribution in [-0.4, -0.2) is 26.8 Å². The van der Waals surface area contributed by atoms with Gasteiger partial charge in [0.2, 0.25) is 0 Å². The fourth-order valence-corrected chi connectivity index (χ4v) is 1.25. The van der Waals surface area contributed by atoms with Gasteiger partial charge in [-0.05, 0) is 0 Å². The van der Waals surface area contributed by atoms with E-state index < -0.39 is 16.8 Å². The molecule has 0 aromatic rings. The second kappa shape index (κ2) is 9.78. The number of hydrogen-bond donors (Lipinski definition) is 1. The summed E-state index contributed by atoms with van der Waals surface area (Å²) in [6.07, 6.45) is 1.50. The Balaban J connectivity index is 0. The minimum absolute atomic E-state index is 0.0273. The molecule has 0 aliphatic rings. The van der Waals surface area contributed by atoms with Crippen molar-refractivity contribution < 1.29 is 14.1 Å². The van der Waals surface area contributed by atoms with Crippen LogP contribution in [0.5, 0.6) is 0 Å². The van der Waals surface area contributed by atoms with Crippen LogP contribution in [0.15, 0.2) is 12.7 Å². The Morgan fingerprint density at radius 1 is 1.58 bits per heavy atom. The van der Waals surface area contributed by atoms with E-state index in [2.05, 4.69) is 6.58 Å². The summed E-state index contributed by atoms with van der Waals surface area (Å²) in [5.74, 6) is -0.299. The molecule has 0 saturated heterocycles. The molecule has 0 aromatic heterocycles. The van der Waals surface area contributed by atoms with Gasteiger partial charge in [-0.3, -0.25) is 9.00 Å². The molecule has 0 heterocycles. The summed E-state index contributed by atoms with van der Waals surface area (Å²) in [6.45, 7) is 3.39. The topological polar surface area (TPSA) is 102 Å². The van der Waals surface area contributed by atoms with Crippen molar-refractivity contribution in [3.63, 3.8) is 0 Å². The lowest BCUT2D eigenvalue weighted by atomic mass is 10.5. The number of carbonyl (C=O) groups is 1. The Morgan fingerprint density at radius 3 is 2.42 bits per heavy atom. The summed E-state index contributed by atoms with van der Waals surface area (Å²) < 4.78 is 10.7. The first-order valence-corrected chi connectivity index (χ1v) is 4.53. The predicted octanol–water partition coefficient (Wildman–Crippen LogP) is 0.426. The monoisotopic (exact) mass is 190 g/mol. The van der Waals surface area contributed by atoms with Crippen molar-refractivity contribution >= 4 is 16.8 Å². The molecule has 0 fully saturated rings. The SMILES string of the molecule is C=CCS(=O)CCC(=O)O.N#N. The van der Waals surface area contributed by atoms with Crippen LogP contribution < -0.4 is 0 Å². The van der Waals surface area contributed by atoms with Gasteiger partial charge >= 0.3 is 5.97 Å². The van der Waals surface area contributed by atoms with E-state index in [1.807, 2.05) is 0 Å². The van der Waals surface area contributed by atoms with Gasteiger partial charge in [0.15, 0.2) is 0 Å². The second-order valence-corrected chi connectivity index (χ2v) is 3.36. The smallest absolute Gasteiger partial charge is 0.304 e. The molecule has 0 amide bonds. The lowest BCUT2D eigenvalue weighted by Gasteiger charge is -1.93. The van der Waals surface area contributed by atoms with E-state index in [1.165, 1.54) is 6.08 Å². The van der Waals surface area contributed by atoms with Crippen molar-refractivity contribution in [2.24, 2.45) is 0 Å². The van der Waals surface area contributed by atoms with Gasteiger partial charge in [0, 0.05) is 33.1 Å². The first-order chi connectivity index (χ1) is 5.66. The van der Waals surface area contributed by atoms with Gasteiger partial charge < -0.3 is 5.11 Å². The molecular formula is C6H10N2O3S. The van der Waals surface area contributed by atoms with Crippen LogP contribution >= 0.6 is 0 Å². The fourth-order valence-electron chi connectivity index (χ4n) is 0.416. The Kier molecular flexibility index (Phi) is 10.9. The largest absolute Gasteiger partial charge is 0.481 e. The van der Waals surface area contributed by atoms with Gasteiger partial charge in [-0.25, -0.2) is 0 Å². The Labute approximate surface area is 73.0 Å². The number of carboxylic acids is 1. The minimum Gasteiger partial charge on any atom is -0.481 e. The van der Waals surface area contributed by atoms with E-state index in [4.69, 9.17) is 15.9 Å². The maximum Gasteiger partial charge on any atom is 0.304 e. The summed E-state index contributed by atoms with van der Waals surface area (Å²) in [4.78, 5) is 9.95. The van der Waals surface area contributed by atoms with Gasteiger partial charge in [0.05, 0.1) is 6.42 Å². The highest BCUT2D eigenvalue weighted by molar-refractivity contribution is 7.85. The number of nitrogens with zero attached hydrogens (tertiary/aromatic N) is 2. The van der Waals surface area contributed by atoms with Crippen LogP contribution in [0.3, 0.4) is 0 Å². The quantitative estimate of drug-likeness (QED) is 0.500. The maximum atomic E-state index is 10.7. The average Bonchev–Trinajstić information content (AvgIpc) is 2.05. The molecular weight excluding hydrogens is 180 g/mol. The molecule has 0 bridgehead atoms. The normalized spacial score (nSPS) is 10.5. The first-order valence-electron chi connectivity index (χ1n) is 3.04. The highest BCUT2D eigenvalue weighted by atomic mass is 32.2. The summed E-state index contributed by atoms with van der Waals surface area (Å²) in [5.41, 5.74) is 0. The molecule has 1 unspecified atom stereocenters. The van der Waals surface area contributed by atoms with Crippen LogP contribution in [0.2, 0.25) is 0 Å². The van der Waals surface area contributed by atoms with Crippen LogP contribution in [0, 0.1) is 10.8 Å². The fraction of sp³-hybridized carbons (Fsp3) is 0.500. The number of carboxylic acid groups (broad SMARTS) is 1. The van der Waals surface area contributed by atoms with Crippen LogP contribution in [0.4, 0.5) is 0 Å². The molecule has 0 rings (SSSR count). The van der Waals surface area contributed by atoms with Gasteiger partial charge in [0.1, 0.15) is 0 Å². The van der Waals surface area contributed by atoms with Crippen molar-refractivity contribution in [2.45, 2.75) is 6.42 Å². The predicted molar refractivity (Wildman–Crippen MR) is 43.8 cm³/mol. The summed E-state index contributed by atoms with van der Waals surface area (Å²) in [6, 6.07) is 0. The molecule has 68 valence electrons. The molecule has 0 radical (unpaired) electrons. The third-order valence-electron chi connectivity index (χ3n) is 0.847. The molecule has 0 aromatic carbocycles. The standard InChI is InChI=1S/C6H10O3S.N2/c1-2-4-10(9)5-3-6(7)8;1-2/h2H,1,3-5H2,(H,7,8);. The van der Waals surface area contributed by atoms with Gasteiger partial charge in [-0.1, -0.05) is 6.08 Å². The zero-order chi connectivity index (χ0) is 9.98. The van der Waals surface area contributed by atoms with E-state index in [0.29, 0.717) is 5.75 Å². The van der Waals surface area contributed by atoms with E-state index in [-0.39, 0.29) is 12.2 Å². The van der Waals surface area contributed by atoms with Crippen molar-refractivity contribution in [2.75, 3.05) is 11.5 Å². The lowest BCUT2D eigenvalue weighted by Crippen LogP contribution is -2.05. The zero-order valence-corrected chi connectivity index (χ0v) is 7.29. The third kappa shape index (κ3) is 11.6. The molecule has 5 nitrogen and oxygen atoms in total. The molecule has 1 atom stereocenters. The summed E-state index contributed by atoms with van der Waals surface area (Å²) in [5, 5.41) is 20.2. The number of hydrogen-bond acceptors (Lipinski definition) is 4. The van der Waals surface area contributed by atoms with Gasteiger partial charge in [-0.2, -0.15) is 0 Å². The summed E-state index contributed by atoms with van der Waals surface area (Å²) >= 11 is 0. The lowest BCUT2D eigenvalue weighted by molar-refractivity contribution is -0.136. The molecule has 0 saturated carbocycles. The molecule has 6 heteroatoms. The van der Waals surface area contributed by atoms with Crippen LogP contribution in [0.25, 0.3) is 0 Å². The zero-order valence-electron chi connectivity index (χ0n) is 6.47. The number of aliphatic carboxylic acids is 1. The maximum absolute atomic E-state index is 10.7. The molecule has 12 heavy (non-hydrogen) atoms. The van der Waals surface area contributed by atoms with Crippen molar-refractivity contribution in [3.05, 3.63) is 12.7 Å². The summed E-state index contributed by atoms with van der Waals surface area (Å²) in [7, 11) is -1.04. The highest BCUT2D eigenvalue weighted by Gasteiger charge is 2.00. The molecule has 1 N–H and O–H groups in total. The minimum atomic E-state index is -1.04. The van der Waals surface area contributed by atoms with Crippen molar-refractivity contribution in [1.29, 1.82) is 10.8 Å². The van der Waals surface area contributed by atoms with Crippen LogP contribution in [0.1, 0.15) is 6.42 Å².